The van der Waals surface area contributed by atoms with Crippen LogP contribution in [0.3, 0.4) is 0 Å². The Morgan fingerprint density at radius 2 is 1.88 bits per heavy atom. The zero-order valence-corrected chi connectivity index (χ0v) is 17.9. The fourth-order valence-electron chi connectivity index (χ4n) is 3.30. The van der Waals surface area contributed by atoms with Crippen LogP contribution in [0.2, 0.25) is 39.3 Å². The minimum Gasteiger partial charge on any atom is -0.461 e. The molecule has 8 nitrogen and oxygen atoms in total. The van der Waals surface area contributed by atoms with E-state index in [9.17, 15) is 4.79 Å². The van der Waals surface area contributed by atoms with Gasteiger partial charge in [-0.15, -0.1) is 0 Å². The van der Waals surface area contributed by atoms with Crippen molar-refractivity contribution >= 4 is 28.2 Å². The molecule has 0 saturated heterocycles. The van der Waals surface area contributed by atoms with Gasteiger partial charge in [0.15, 0.2) is 11.9 Å². The number of esters is 1. The molecule has 0 amide bonds. The number of carbonyl (C=O) groups excluding carboxylic acids is 1. The molecule has 10 heteroatoms. The Bertz CT molecular complexity index is 536. The van der Waals surface area contributed by atoms with E-state index in [1.54, 1.807) is 6.92 Å². The molecular formula is C14H29N5O3Si2. The Morgan fingerprint density at radius 3 is 2.29 bits per heavy atom. The predicted octanol–water partition coefficient (Wildman–Crippen LogP) is 3.55. The standard InChI is InChI=1S/C14H29N5O3Si2/c1-9-21-14(20)12-11(16-18-15)10(2)13(22-17-12)19(23(3,4)5)24(6,7)8/h10-11,13H,9H2,1-8H3/t10-,11-,13-/m0/s1. The molecular weight excluding hydrogens is 342 g/mol. The second-order valence-corrected chi connectivity index (χ2v) is 18.0. The Balaban J connectivity index is 3.30. The summed E-state index contributed by atoms with van der Waals surface area (Å²) < 4.78 is 7.46. The topological polar surface area (TPSA) is 99.9 Å². The van der Waals surface area contributed by atoms with Crippen molar-refractivity contribution in [1.82, 2.24) is 4.23 Å². The molecule has 1 aliphatic rings. The van der Waals surface area contributed by atoms with Crippen molar-refractivity contribution in [2.24, 2.45) is 16.2 Å². The van der Waals surface area contributed by atoms with Gasteiger partial charge in [0.1, 0.15) is 16.5 Å². The van der Waals surface area contributed by atoms with Crippen LogP contribution in [0.5, 0.6) is 0 Å². The molecule has 0 spiro atoms. The normalized spacial score (nSPS) is 24.7. The van der Waals surface area contributed by atoms with Crippen LogP contribution in [0.25, 0.3) is 10.4 Å². The van der Waals surface area contributed by atoms with Crippen LogP contribution in [0.1, 0.15) is 13.8 Å². The van der Waals surface area contributed by atoms with Gasteiger partial charge in [0.05, 0.1) is 12.6 Å². The zero-order chi connectivity index (χ0) is 18.7. The Kier molecular flexibility index (Phi) is 6.62. The lowest BCUT2D eigenvalue weighted by Gasteiger charge is -2.50. The van der Waals surface area contributed by atoms with E-state index in [2.05, 4.69) is 58.7 Å². The van der Waals surface area contributed by atoms with Crippen molar-refractivity contribution in [3.63, 3.8) is 0 Å². The van der Waals surface area contributed by atoms with E-state index in [0.717, 1.165) is 0 Å². The molecule has 1 heterocycles. The van der Waals surface area contributed by atoms with E-state index < -0.39 is 28.5 Å². The maximum Gasteiger partial charge on any atom is 0.356 e. The second kappa shape index (κ2) is 7.69. The van der Waals surface area contributed by atoms with Crippen LogP contribution < -0.4 is 0 Å². The first-order chi connectivity index (χ1) is 10.9. The van der Waals surface area contributed by atoms with Gasteiger partial charge in [0, 0.05) is 10.8 Å². The lowest BCUT2D eigenvalue weighted by Crippen LogP contribution is -2.67. The van der Waals surface area contributed by atoms with E-state index in [1.807, 2.05) is 6.92 Å². The molecule has 0 bridgehead atoms. The van der Waals surface area contributed by atoms with E-state index in [4.69, 9.17) is 15.1 Å². The number of oxime groups is 1. The molecule has 0 aromatic carbocycles. The van der Waals surface area contributed by atoms with E-state index in [1.165, 1.54) is 0 Å². The lowest BCUT2D eigenvalue weighted by molar-refractivity contribution is -0.136. The Hall–Kier alpha value is -1.36. The summed E-state index contributed by atoms with van der Waals surface area (Å²) in [5, 5.41) is 7.83. The highest BCUT2D eigenvalue weighted by molar-refractivity contribution is 6.89. The summed E-state index contributed by atoms with van der Waals surface area (Å²) in [4.78, 5) is 20.8. The van der Waals surface area contributed by atoms with Crippen LogP contribution in [-0.2, 0) is 14.4 Å². The van der Waals surface area contributed by atoms with E-state index in [-0.39, 0.29) is 24.5 Å². The average Bonchev–Trinajstić information content (AvgIpc) is 2.40. The molecule has 3 atom stereocenters. The van der Waals surface area contributed by atoms with Crippen LogP contribution in [0, 0.1) is 5.92 Å². The SMILES string of the molecule is CCOC(=O)C1=NO[C@H](N([Si](C)(C)C)[Si](C)(C)C)[C@@H](C)[C@@H]1N=[N+]=[N-]. The first-order valence-corrected chi connectivity index (χ1v) is 15.1. The number of ether oxygens (including phenoxy) is 1. The second-order valence-electron chi connectivity index (χ2n) is 7.91. The summed E-state index contributed by atoms with van der Waals surface area (Å²) in [7, 11) is -3.44. The molecule has 0 saturated carbocycles. The van der Waals surface area contributed by atoms with E-state index in [0.29, 0.717) is 0 Å². The van der Waals surface area contributed by atoms with Gasteiger partial charge < -0.3 is 13.8 Å². The monoisotopic (exact) mass is 371 g/mol. The average molecular weight is 372 g/mol. The number of carbonyl (C=O) groups is 1. The highest BCUT2D eigenvalue weighted by atomic mass is 28.4. The van der Waals surface area contributed by atoms with Crippen molar-refractivity contribution in [2.75, 3.05) is 6.61 Å². The molecule has 0 aromatic rings. The Morgan fingerprint density at radius 1 is 1.33 bits per heavy atom. The fraction of sp³-hybridized carbons (Fsp3) is 0.857. The van der Waals surface area contributed by atoms with Crippen molar-refractivity contribution < 1.29 is 14.4 Å². The molecule has 136 valence electrons. The minimum absolute atomic E-state index is 0.0458. The first-order valence-electron chi connectivity index (χ1n) is 8.19. The van der Waals surface area contributed by atoms with Gasteiger partial charge >= 0.3 is 5.97 Å². The summed E-state index contributed by atoms with van der Waals surface area (Å²) in [6.07, 6.45) is -0.308. The fourth-order valence-corrected chi connectivity index (χ4v) is 13.4. The molecule has 0 aromatic heterocycles. The van der Waals surface area contributed by atoms with Gasteiger partial charge in [-0.05, 0) is 12.5 Å². The molecule has 0 fully saturated rings. The van der Waals surface area contributed by atoms with Crippen molar-refractivity contribution in [3.8, 4) is 0 Å². The number of hydrogen-bond donors (Lipinski definition) is 0. The van der Waals surface area contributed by atoms with Crippen molar-refractivity contribution in [1.29, 1.82) is 0 Å². The summed E-state index contributed by atoms with van der Waals surface area (Å²) in [5.41, 5.74) is 8.97. The number of hydrogen-bond acceptors (Lipinski definition) is 6. The molecule has 0 aliphatic carbocycles. The smallest absolute Gasteiger partial charge is 0.356 e. The van der Waals surface area contributed by atoms with Gasteiger partial charge in [0.25, 0.3) is 0 Å². The van der Waals surface area contributed by atoms with Crippen molar-refractivity contribution in [3.05, 3.63) is 10.4 Å². The quantitative estimate of drug-likeness (QED) is 0.234. The highest BCUT2D eigenvalue weighted by Crippen LogP contribution is 2.32. The zero-order valence-electron chi connectivity index (χ0n) is 15.9. The number of rotatable bonds is 6. The van der Waals surface area contributed by atoms with Gasteiger partial charge in [-0.25, -0.2) is 4.79 Å². The Labute approximate surface area is 146 Å². The molecule has 1 rings (SSSR count). The molecule has 1 aliphatic heterocycles. The number of nitrogens with zero attached hydrogens (tertiary/aromatic N) is 5. The lowest BCUT2D eigenvalue weighted by atomic mass is 9.95. The highest BCUT2D eigenvalue weighted by Gasteiger charge is 2.48. The van der Waals surface area contributed by atoms with Crippen LogP contribution >= 0.6 is 0 Å². The predicted molar refractivity (Wildman–Crippen MR) is 99.6 cm³/mol. The first kappa shape index (κ1) is 20.7. The maximum absolute atomic E-state index is 12.1. The third-order valence-corrected chi connectivity index (χ3v) is 11.3. The molecule has 0 unspecified atom stereocenters. The minimum atomic E-state index is -1.72. The summed E-state index contributed by atoms with van der Waals surface area (Å²) >= 11 is 0. The molecule has 0 radical (unpaired) electrons. The molecule has 24 heavy (non-hydrogen) atoms. The van der Waals surface area contributed by atoms with Gasteiger partial charge in [-0.2, -0.15) is 0 Å². The maximum atomic E-state index is 12.1. The largest absolute Gasteiger partial charge is 0.461 e. The summed E-state index contributed by atoms with van der Waals surface area (Å²) in [6.45, 7) is 17.4. The third kappa shape index (κ3) is 4.59. The number of azide groups is 1. The third-order valence-electron chi connectivity index (χ3n) is 3.85. The van der Waals surface area contributed by atoms with Crippen LogP contribution in [0.15, 0.2) is 10.3 Å². The van der Waals surface area contributed by atoms with Gasteiger partial charge in [-0.3, -0.25) is 0 Å². The molecule has 0 N–H and O–H groups in total. The van der Waals surface area contributed by atoms with Gasteiger partial charge in [-0.1, -0.05) is 56.5 Å². The van der Waals surface area contributed by atoms with E-state index >= 15 is 0 Å². The summed E-state index contributed by atoms with van der Waals surface area (Å²) in [5.74, 6) is -0.788. The van der Waals surface area contributed by atoms with Crippen molar-refractivity contribution in [2.45, 2.75) is 65.4 Å². The summed E-state index contributed by atoms with van der Waals surface area (Å²) in [6, 6.07) is -0.692. The van der Waals surface area contributed by atoms with Crippen LogP contribution in [0.4, 0.5) is 0 Å². The van der Waals surface area contributed by atoms with Gasteiger partial charge in [0.2, 0.25) is 0 Å². The van der Waals surface area contributed by atoms with Crippen LogP contribution in [-0.4, -0.2) is 51.3 Å².